The molecule has 2 amide bonds. The molecule has 149 heavy (non-hydrogen) atoms. The van der Waals surface area contributed by atoms with Crippen LogP contribution in [0.5, 0.6) is 17.4 Å². The van der Waals surface area contributed by atoms with Gasteiger partial charge >= 0.3 is 0 Å². The van der Waals surface area contributed by atoms with Crippen molar-refractivity contribution in [2.24, 2.45) is 35.6 Å². The molecule has 9 heterocycles. The highest BCUT2D eigenvalue weighted by molar-refractivity contribution is 6.05. The molecule has 0 radical (unpaired) electrons. The number of ether oxygens (including phenoxy) is 3. The van der Waals surface area contributed by atoms with E-state index in [1.165, 1.54) is 142 Å². The average molecular weight is 2030 g/mol. The van der Waals surface area contributed by atoms with Crippen molar-refractivity contribution in [3.63, 3.8) is 0 Å². The molecule has 2 N–H and O–H groups in total. The number of para-hydroxylation sites is 1. The number of carbonyl (C=O) groups excluding carboxylic acids is 2. The van der Waals surface area contributed by atoms with Gasteiger partial charge in [-0.3, -0.25) is 19.3 Å². The van der Waals surface area contributed by atoms with Crippen molar-refractivity contribution in [1.82, 2.24) is 44.7 Å². The topological polar surface area (TPSA) is 156 Å². The second kappa shape index (κ2) is 56.9. The molecule has 8 aliphatic rings. The number of aryl methyl sites for hydroxylation is 2. The van der Waals surface area contributed by atoms with Crippen LogP contribution in [0.15, 0.2) is 248 Å². The van der Waals surface area contributed by atoms with Crippen molar-refractivity contribution in [3.8, 4) is 17.4 Å². The van der Waals surface area contributed by atoms with Crippen molar-refractivity contribution < 1.29 is 32.6 Å². The summed E-state index contributed by atoms with van der Waals surface area (Å²) >= 11 is 0. The molecule has 1 atom stereocenters. The van der Waals surface area contributed by atoms with Gasteiger partial charge in [-0.05, 0) is 313 Å². The number of pyridine rings is 1. The lowest BCUT2D eigenvalue weighted by atomic mass is 9.50. The maximum atomic E-state index is 12.9. The Morgan fingerprint density at radius 2 is 1.03 bits per heavy atom. The zero-order chi connectivity index (χ0) is 109. The zero-order valence-corrected chi connectivity index (χ0v) is 97.4. The van der Waals surface area contributed by atoms with Gasteiger partial charge in [0.1, 0.15) is 28.5 Å². The van der Waals surface area contributed by atoms with E-state index in [1.807, 2.05) is 118 Å². The summed E-state index contributed by atoms with van der Waals surface area (Å²) in [5.41, 5.74) is 22.8. The maximum absolute atomic E-state index is 12.9. The van der Waals surface area contributed by atoms with Gasteiger partial charge in [-0.15, -0.1) is 5.10 Å². The number of rotatable bonds is 10. The predicted octanol–water partition coefficient (Wildman–Crippen LogP) is 33.6. The number of likely N-dealkylation sites (tertiary alicyclic amines) is 2. The van der Waals surface area contributed by atoms with Crippen LogP contribution in [0.1, 0.15) is 360 Å². The van der Waals surface area contributed by atoms with Gasteiger partial charge in [0, 0.05) is 98.1 Å². The van der Waals surface area contributed by atoms with Gasteiger partial charge in [-0.1, -0.05) is 333 Å². The van der Waals surface area contributed by atoms with Gasteiger partial charge in [-0.2, -0.15) is 0 Å². The first-order valence-corrected chi connectivity index (χ1v) is 55.9. The Kier molecular flexibility index (Phi) is 46.4. The summed E-state index contributed by atoms with van der Waals surface area (Å²) in [4.78, 5) is 42.9. The molecule has 3 saturated heterocycles. The summed E-state index contributed by atoms with van der Waals surface area (Å²) in [7, 11) is 1.91. The van der Waals surface area contributed by atoms with Gasteiger partial charge in [0.05, 0.1) is 37.2 Å². The largest absolute Gasteiger partial charge is 0.493 e. The average Bonchev–Trinajstić information content (AvgIpc) is 1.56. The third-order valence-electron chi connectivity index (χ3n) is 30.3. The molecule has 16 heteroatoms. The van der Waals surface area contributed by atoms with E-state index in [0.29, 0.717) is 52.2 Å². The lowest BCUT2D eigenvalue weighted by molar-refractivity contribution is -0.157. The van der Waals surface area contributed by atoms with E-state index in [0.717, 1.165) is 148 Å². The first-order chi connectivity index (χ1) is 70.5. The van der Waals surface area contributed by atoms with E-state index >= 15 is 0 Å². The fourth-order valence-corrected chi connectivity index (χ4v) is 19.5. The number of hydrogen-bond donors (Lipinski definition) is 2. The number of amides is 2. The Balaban J connectivity index is 0.000000183. The molecule has 0 unspecified atom stereocenters. The third kappa shape index (κ3) is 37.2. The van der Waals surface area contributed by atoms with Crippen molar-refractivity contribution in [2.45, 2.75) is 342 Å². The van der Waals surface area contributed by atoms with Gasteiger partial charge in [0.25, 0.3) is 5.91 Å². The number of nitrogens with zero attached hydrogens (tertiary/aromatic N) is 7. The molecule has 3 aliphatic carbocycles. The minimum Gasteiger partial charge on any atom is -0.493 e. The number of carbonyl (C=O) groups is 2. The molecular weight excluding hydrogens is 1840 g/mol. The standard InChI is InChI=1S/C16H27NO2.C15H14O.C14H18N2O.C14H19NO.C13H19N.C12H16O.C11H14N2.C10H13F.C10H14.C8H11N.C8H17N.C2H6/c1-13(2)15-3-6-16(7-4-15,8-5-15)14(18)17-9-11-19-12-10-17;1-10(2)11-7-8-15-13(9-11)12-5-3-4-6-14(12)16-15;1-10(2)12-5-7-13(8-6-12)17-14-9-11(3)16(4)15-14;1-11(2)13-8-9-15(10-13)14(16)12-6-4-3-5-7-12;1-13(2,3)12-5-4-10-6-7-14-9-11(10)8-12;1-12(2,3)10-4-5-11-9(8-10)6-7-13-11;1-11(2,3)8-4-5-9-10(6-8)13-7-12-9;1-10(2,3)8-4-6-9(11)7-5-8;1-10(2,3)9-7-5-4-6-8-9;1-7(2)8-4-3-5-9-6-8;1-8(2)9-6-4-3-5-7-9;1-2/h13H,3-12H2,1-2H3;3-10H,1-2H3;5-10H,1-4H3;3-7,11,13H,8-10H2,1-2H3;4-5,8,14H,6-7,9H2,1-3H3;4-5,8H,6-7H2,1-3H3;4-7H,1-3H3,(H,12,13);4-7H,1-3H3;4-8H,1-3H3;3-7H,1-2H3;8H,3-7H2,1-2H3;1-2H3/t;;;13-;;;;;;;;/m...1......../s1. The zero-order valence-electron chi connectivity index (χ0n) is 97.4. The van der Waals surface area contributed by atoms with Crippen LogP contribution in [-0.4, -0.2) is 123 Å². The molecule has 15 nitrogen and oxygen atoms in total. The van der Waals surface area contributed by atoms with Crippen LogP contribution in [-0.2, 0) is 63.0 Å². The number of halogens is 1. The molecule has 21 rings (SSSR count). The number of benzene rings is 9. The first kappa shape index (κ1) is 121. The molecule has 808 valence electrons. The number of aromatic amines is 1. The lowest BCUT2D eigenvalue weighted by Crippen LogP contribution is -2.54. The lowest BCUT2D eigenvalue weighted by Gasteiger charge is -2.55. The number of morpholine rings is 1. The number of nitrogens with one attached hydrogen (secondary N) is 2. The van der Waals surface area contributed by atoms with Crippen LogP contribution in [0, 0.1) is 41.3 Å². The molecule has 2 bridgehead atoms. The van der Waals surface area contributed by atoms with E-state index in [9.17, 15) is 14.0 Å². The summed E-state index contributed by atoms with van der Waals surface area (Å²) in [6, 6.07) is 76.2. The predicted molar refractivity (Wildman–Crippen MR) is 627 cm³/mol. The van der Waals surface area contributed by atoms with Gasteiger partial charge < -0.3 is 43.6 Å². The van der Waals surface area contributed by atoms with Crippen LogP contribution in [0.2, 0.25) is 0 Å². The number of furan rings is 1. The minimum absolute atomic E-state index is 0.00597. The molecule has 6 fully saturated rings. The van der Waals surface area contributed by atoms with Crippen molar-refractivity contribution in [3.05, 3.63) is 321 Å². The summed E-state index contributed by atoms with van der Waals surface area (Å²) in [5.74, 6) is 6.81. The summed E-state index contributed by atoms with van der Waals surface area (Å²) in [5, 5.41) is 10.1. The van der Waals surface area contributed by atoms with Gasteiger partial charge in [0.2, 0.25) is 11.8 Å². The van der Waals surface area contributed by atoms with Crippen molar-refractivity contribution in [1.29, 1.82) is 0 Å². The number of H-pyrrole nitrogens is 1. The smallest absolute Gasteiger partial charge is 0.253 e. The van der Waals surface area contributed by atoms with Crippen LogP contribution < -0.4 is 14.8 Å². The second-order valence-corrected chi connectivity index (χ2v) is 48.4. The van der Waals surface area contributed by atoms with Crippen LogP contribution in [0.3, 0.4) is 0 Å². The Hall–Kier alpha value is -11.0. The molecule has 9 aromatic carbocycles. The number of hydrogen-bond acceptors (Lipinski definition) is 11. The Bertz CT molecular complexity index is 6080. The van der Waals surface area contributed by atoms with E-state index < -0.39 is 0 Å². The number of imidazole rings is 1. The third-order valence-corrected chi connectivity index (χ3v) is 30.3. The Morgan fingerprint density at radius 1 is 0.490 bits per heavy atom. The van der Waals surface area contributed by atoms with E-state index in [4.69, 9.17) is 18.6 Å². The first-order valence-electron chi connectivity index (χ1n) is 55.9. The maximum Gasteiger partial charge on any atom is 0.253 e. The van der Waals surface area contributed by atoms with E-state index in [2.05, 4.69) is 356 Å². The van der Waals surface area contributed by atoms with E-state index in [-0.39, 0.29) is 38.8 Å². The molecule has 3 saturated carbocycles. The van der Waals surface area contributed by atoms with E-state index in [1.54, 1.807) is 17.2 Å². The Morgan fingerprint density at radius 3 is 1.55 bits per heavy atom. The number of piperidine rings is 1. The Labute approximate surface area is 898 Å². The molecule has 5 aliphatic heterocycles. The molecule has 13 aromatic rings. The highest BCUT2D eigenvalue weighted by atomic mass is 19.1. The van der Waals surface area contributed by atoms with Crippen molar-refractivity contribution in [2.75, 3.05) is 65.6 Å². The summed E-state index contributed by atoms with van der Waals surface area (Å²) < 4.78 is 36.6. The van der Waals surface area contributed by atoms with Crippen LogP contribution in [0.4, 0.5) is 4.39 Å². The van der Waals surface area contributed by atoms with Crippen molar-refractivity contribution >= 4 is 44.8 Å². The molecule has 0 spiro atoms. The summed E-state index contributed by atoms with van der Waals surface area (Å²) in [6.07, 6.45) is 20.3. The number of aromatic nitrogens is 5. The van der Waals surface area contributed by atoms with Crippen LogP contribution >= 0.6 is 0 Å². The second-order valence-electron chi connectivity index (χ2n) is 48.4. The monoisotopic (exact) mass is 2030 g/mol. The quantitative estimate of drug-likeness (QED) is 0.134. The SMILES string of the molecule is CC.CC(C)(C)c1ccc(F)cc1.CC(C)(C)c1ccc2c(c1)CCO2.CC(C)(C)c1ccc2c(c1)CNCC2.CC(C)(C)c1ccc2nc[nH]c2c1.CC(C)(C)c1ccccc1.CC(C)C12CCC(C(=O)N3CCOCC3)(CC1)CC2.CC(C)N1CCCCC1.CC(C)[C@@H]1CCN(C(=O)c2ccccc2)C1.CC(C)c1ccc2oc3ccccc3c2c1.CC(C)c1cccnc1.Cc1cc(Oc2ccc(C(C)C)cc2)nn1C. The van der Waals surface area contributed by atoms with Gasteiger partial charge in [-0.25, -0.2) is 9.37 Å². The highest BCUT2D eigenvalue weighted by Gasteiger charge is 2.54. The fourth-order valence-electron chi connectivity index (χ4n) is 19.5. The van der Waals surface area contributed by atoms with Crippen LogP contribution in [0.25, 0.3) is 33.0 Å². The minimum atomic E-state index is -0.169. The molecule has 4 aromatic heterocycles. The molecular formula is C133H188FN9O6. The highest BCUT2D eigenvalue weighted by Crippen LogP contribution is 2.60. The fraction of sp³-hybridized carbons (Fsp3) is 0.511. The summed E-state index contributed by atoms with van der Waals surface area (Å²) in [6.45, 7) is 76.6. The number of fused-ring (bicyclic) bond motifs is 9. The van der Waals surface area contributed by atoms with Gasteiger partial charge in [0.15, 0.2) is 0 Å². The normalized spacial score (nSPS) is 17.3.